The maximum atomic E-state index is 12.2. The monoisotopic (exact) mass is 302 g/mol. The SMILES string of the molecule is CCC(N)c1ccc2c(c1)C(NC(=O)C1CC1)CC(C)(C)O2. The smallest absolute Gasteiger partial charge is 0.223 e. The van der Waals surface area contributed by atoms with Crippen LogP contribution < -0.4 is 15.8 Å². The minimum absolute atomic E-state index is 0.0101. The molecular weight excluding hydrogens is 276 g/mol. The minimum atomic E-state index is -0.275. The van der Waals surface area contributed by atoms with Crippen LogP contribution >= 0.6 is 0 Å². The number of hydrogen-bond acceptors (Lipinski definition) is 3. The Kier molecular flexibility index (Phi) is 3.89. The number of carbonyl (C=O) groups is 1. The molecule has 1 fully saturated rings. The third kappa shape index (κ3) is 3.12. The molecule has 0 spiro atoms. The Labute approximate surface area is 132 Å². The molecule has 2 aliphatic rings. The maximum absolute atomic E-state index is 12.2. The van der Waals surface area contributed by atoms with Gasteiger partial charge in [-0.05, 0) is 50.8 Å². The molecule has 0 aromatic heterocycles. The highest BCUT2D eigenvalue weighted by Crippen LogP contribution is 2.41. The van der Waals surface area contributed by atoms with E-state index in [4.69, 9.17) is 10.5 Å². The number of carbonyl (C=O) groups excluding carboxylic acids is 1. The van der Waals surface area contributed by atoms with E-state index in [2.05, 4.69) is 32.2 Å². The lowest BCUT2D eigenvalue weighted by Gasteiger charge is -2.38. The van der Waals surface area contributed by atoms with Crippen molar-refractivity contribution in [1.82, 2.24) is 5.32 Å². The molecule has 22 heavy (non-hydrogen) atoms. The predicted molar refractivity (Wildman–Crippen MR) is 86.6 cm³/mol. The van der Waals surface area contributed by atoms with Crippen molar-refractivity contribution in [1.29, 1.82) is 0 Å². The lowest BCUT2D eigenvalue weighted by Crippen LogP contribution is -2.41. The highest BCUT2D eigenvalue weighted by molar-refractivity contribution is 5.81. The van der Waals surface area contributed by atoms with Gasteiger partial charge >= 0.3 is 0 Å². The van der Waals surface area contributed by atoms with E-state index in [1.807, 2.05) is 12.1 Å². The van der Waals surface area contributed by atoms with Crippen molar-refractivity contribution in [2.75, 3.05) is 0 Å². The first-order chi connectivity index (χ1) is 10.4. The summed E-state index contributed by atoms with van der Waals surface area (Å²) >= 11 is 0. The zero-order valence-electron chi connectivity index (χ0n) is 13.7. The standard InChI is InChI=1S/C18H26N2O2/c1-4-14(19)12-7-8-16-13(9-12)15(10-18(2,3)22-16)20-17(21)11-5-6-11/h7-9,11,14-15H,4-6,10,19H2,1-3H3,(H,20,21). The van der Waals surface area contributed by atoms with Crippen LogP contribution in [0.2, 0.25) is 0 Å². The molecule has 1 aliphatic carbocycles. The van der Waals surface area contributed by atoms with Crippen LogP contribution in [0.25, 0.3) is 0 Å². The third-order valence-corrected chi connectivity index (χ3v) is 4.62. The van der Waals surface area contributed by atoms with Crippen molar-refractivity contribution >= 4 is 5.91 Å². The molecule has 1 aromatic carbocycles. The Morgan fingerprint density at radius 3 is 2.82 bits per heavy atom. The van der Waals surface area contributed by atoms with E-state index in [0.29, 0.717) is 0 Å². The van der Waals surface area contributed by atoms with E-state index in [-0.39, 0.29) is 29.5 Å². The number of nitrogens with two attached hydrogens (primary N) is 1. The molecule has 1 heterocycles. The van der Waals surface area contributed by atoms with Crippen molar-refractivity contribution in [3.8, 4) is 5.75 Å². The first kappa shape index (κ1) is 15.3. The molecule has 0 saturated heterocycles. The van der Waals surface area contributed by atoms with Gasteiger partial charge in [-0.15, -0.1) is 0 Å². The number of rotatable bonds is 4. The van der Waals surface area contributed by atoms with E-state index in [1.165, 1.54) is 0 Å². The van der Waals surface area contributed by atoms with E-state index in [0.717, 1.165) is 42.6 Å². The Balaban J connectivity index is 1.91. The van der Waals surface area contributed by atoms with Crippen LogP contribution in [-0.4, -0.2) is 11.5 Å². The summed E-state index contributed by atoms with van der Waals surface area (Å²) in [6.07, 6.45) is 3.71. The van der Waals surface area contributed by atoms with Crippen molar-refractivity contribution in [3.63, 3.8) is 0 Å². The summed E-state index contributed by atoms with van der Waals surface area (Å²) in [6.45, 7) is 6.21. The fourth-order valence-corrected chi connectivity index (χ4v) is 3.10. The van der Waals surface area contributed by atoms with Gasteiger partial charge in [0.15, 0.2) is 0 Å². The minimum Gasteiger partial charge on any atom is -0.487 e. The summed E-state index contributed by atoms with van der Waals surface area (Å²) in [5.41, 5.74) is 8.05. The Morgan fingerprint density at radius 1 is 1.45 bits per heavy atom. The molecule has 2 unspecified atom stereocenters. The molecule has 0 bridgehead atoms. The van der Waals surface area contributed by atoms with Gasteiger partial charge in [-0.1, -0.05) is 13.0 Å². The number of nitrogens with one attached hydrogen (secondary N) is 1. The molecule has 0 radical (unpaired) electrons. The fraction of sp³-hybridized carbons (Fsp3) is 0.611. The number of ether oxygens (including phenoxy) is 1. The third-order valence-electron chi connectivity index (χ3n) is 4.62. The lowest BCUT2D eigenvalue weighted by atomic mass is 9.87. The van der Waals surface area contributed by atoms with Gasteiger partial charge in [-0.3, -0.25) is 4.79 Å². The van der Waals surface area contributed by atoms with Crippen LogP contribution in [-0.2, 0) is 4.79 Å². The van der Waals surface area contributed by atoms with Crippen molar-refractivity contribution in [3.05, 3.63) is 29.3 Å². The molecule has 1 aliphatic heterocycles. The second-order valence-electron chi connectivity index (χ2n) is 7.21. The Hall–Kier alpha value is -1.55. The van der Waals surface area contributed by atoms with Crippen molar-refractivity contribution in [2.24, 2.45) is 11.7 Å². The highest BCUT2D eigenvalue weighted by Gasteiger charge is 2.37. The Morgan fingerprint density at radius 2 is 2.18 bits per heavy atom. The van der Waals surface area contributed by atoms with Crippen LogP contribution in [0.5, 0.6) is 5.75 Å². The molecule has 1 saturated carbocycles. The zero-order valence-corrected chi connectivity index (χ0v) is 13.7. The summed E-state index contributed by atoms with van der Waals surface area (Å²) in [5, 5.41) is 3.22. The molecule has 4 nitrogen and oxygen atoms in total. The van der Waals surface area contributed by atoms with E-state index >= 15 is 0 Å². The first-order valence-electron chi connectivity index (χ1n) is 8.28. The average molecular weight is 302 g/mol. The summed E-state index contributed by atoms with van der Waals surface area (Å²) in [6, 6.07) is 6.18. The summed E-state index contributed by atoms with van der Waals surface area (Å²) in [7, 11) is 0. The van der Waals surface area contributed by atoms with Gasteiger partial charge < -0.3 is 15.8 Å². The molecule has 3 rings (SSSR count). The van der Waals surface area contributed by atoms with Gasteiger partial charge in [-0.25, -0.2) is 0 Å². The van der Waals surface area contributed by atoms with Gasteiger partial charge in [0.25, 0.3) is 0 Å². The molecule has 4 heteroatoms. The Bertz CT molecular complexity index is 578. The van der Waals surface area contributed by atoms with Gasteiger partial charge in [0.2, 0.25) is 5.91 Å². The van der Waals surface area contributed by atoms with Gasteiger partial charge in [-0.2, -0.15) is 0 Å². The van der Waals surface area contributed by atoms with Gasteiger partial charge in [0.05, 0.1) is 6.04 Å². The highest BCUT2D eigenvalue weighted by atomic mass is 16.5. The molecular formula is C18H26N2O2. The van der Waals surface area contributed by atoms with Crippen LogP contribution in [0.4, 0.5) is 0 Å². The van der Waals surface area contributed by atoms with Crippen LogP contribution in [0, 0.1) is 5.92 Å². The quantitative estimate of drug-likeness (QED) is 0.897. The molecule has 3 N–H and O–H groups in total. The second kappa shape index (κ2) is 5.58. The molecule has 120 valence electrons. The van der Waals surface area contributed by atoms with Crippen LogP contribution in [0.15, 0.2) is 18.2 Å². The topological polar surface area (TPSA) is 64.3 Å². The summed E-state index contributed by atoms with van der Waals surface area (Å²) < 4.78 is 6.08. The van der Waals surface area contributed by atoms with E-state index in [9.17, 15) is 4.79 Å². The normalized spacial score (nSPS) is 24.1. The fourth-order valence-electron chi connectivity index (χ4n) is 3.10. The van der Waals surface area contributed by atoms with Crippen LogP contribution in [0.1, 0.15) is 69.7 Å². The summed E-state index contributed by atoms with van der Waals surface area (Å²) in [4.78, 5) is 12.2. The van der Waals surface area contributed by atoms with Gasteiger partial charge in [0, 0.05) is 23.9 Å². The largest absolute Gasteiger partial charge is 0.487 e. The second-order valence-corrected chi connectivity index (χ2v) is 7.21. The van der Waals surface area contributed by atoms with E-state index in [1.54, 1.807) is 0 Å². The molecule has 1 aromatic rings. The summed E-state index contributed by atoms with van der Waals surface area (Å²) in [5.74, 6) is 1.26. The molecule has 1 amide bonds. The molecule has 2 atom stereocenters. The van der Waals surface area contributed by atoms with Crippen molar-refractivity contribution in [2.45, 2.75) is 64.1 Å². The van der Waals surface area contributed by atoms with Gasteiger partial charge in [0.1, 0.15) is 11.4 Å². The zero-order chi connectivity index (χ0) is 15.9. The number of hydrogen-bond donors (Lipinski definition) is 2. The number of benzene rings is 1. The predicted octanol–water partition coefficient (Wildman–Crippen LogP) is 3.22. The first-order valence-corrected chi connectivity index (χ1v) is 8.28. The number of amides is 1. The number of fused-ring (bicyclic) bond motifs is 1. The van der Waals surface area contributed by atoms with Crippen LogP contribution in [0.3, 0.4) is 0 Å². The van der Waals surface area contributed by atoms with E-state index < -0.39 is 0 Å². The maximum Gasteiger partial charge on any atom is 0.223 e. The lowest BCUT2D eigenvalue weighted by molar-refractivity contribution is -0.123. The van der Waals surface area contributed by atoms with Crippen molar-refractivity contribution < 1.29 is 9.53 Å². The average Bonchev–Trinajstić information content (AvgIpc) is 3.29.